The van der Waals surface area contributed by atoms with Crippen LogP contribution >= 0.6 is 0 Å². The molecule has 2 aliphatic heterocycles. The maximum absolute atomic E-state index is 2.55. The topological polar surface area (TPSA) is 6.48 Å². The first-order valence-electron chi connectivity index (χ1n) is 22.2. The second-order valence-electron chi connectivity index (χ2n) is 17.9. The summed E-state index contributed by atoms with van der Waals surface area (Å²) >= 11 is 0. The molecule has 1 aliphatic carbocycles. The molecule has 0 fully saturated rings. The van der Waals surface area contributed by atoms with Gasteiger partial charge in [-0.15, -0.1) is 0 Å². The second kappa shape index (κ2) is 14.1. The van der Waals surface area contributed by atoms with Gasteiger partial charge < -0.3 is 9.80 Å². The van der Waals surface area contributed by atoms with Crippen molar-refractivity contribution in [1.82, 2.24) is 0 Å². The van der Waals surface area contributed by atoms with E-state index >= 15 is 0 Å². The Morgan fingerprint density at radius 2 is 0.902 bits per heavy atom. The minimum Gasteiger partial charge on any atom is -0.341 e. The summed E-state index contributed by atoms with van der Waals surface area (Å²) in [5, 5.41) is 5.12. The molecule has 0 unspecified atom stereocenters. The van der Waals surface area contributed by atoms with E-state index in [1.54, 1.807) is 0 Å². The van der Waals surface area contributed by atoms with Crippen molar-refractivity contribution < 1.29 is 0 Å². The van der Waals surface area contributed by atoms with Crippen molar-refractivity contribution in [3.05, 3.63) is 204 Å². The second-order valence-corrected chi connectivity index (χ2v) is 17.9. The fraction of sp³-hybridized carbons (Fsp3) is 0.153. The van der Waals surface area contributed by atoms with Crippen LogP contribution in [0.25, 0.3) is 66.1 Å². The Hall–Kier alpha value is -6.90. The molecule has 0 N–H and O–H groups in total. The van der Waals surface area contributed by atoms with Gasteiger partial charge in [0.2, 0.25) is 0 Å². The highest BCUT2D eigenvalue weighted by molar-refractivity contribution is 6.22. The maximum Gasteiger partial charge on any atom is 0.0443 e. The maximum atomic E-state index is 2.55. The molecule has 12 rings (SSSR count). The zero-order valence-electron chi connectivity index (χ0n) is 35.0. The molecule has 294 valence electrons. The van der Waals surface area contributed by atoms with Crippen molar-refractivity contribution in [3.63, 3.8) is 0 Å². The van der Waals surface area contributed by atoms with Crippen LogP contribution < -0.4 is 9.80 Å². The fourth-order valence-electron chi connectivity index (χ4n) is 11.1. The molecule has 9 aromatic rings. The molecule has 0 atom stereocenters. The number of hydrogen-bond donors (Lipinski definition) is 0. The van der Waals surface area contributed by atoms with Crippen molar-refractivity contribution >= 4 is 44.3 Å². The molecule has 9 aromatic carbocycles. The van der Waals surface area contributed by atoms with E-state index in [-0.39, 0.29) is 5.41 Å². The lowest BCUT2D eigenvalue weighted by molar-refractivity contribution is 0.660. The Labute approximate surface area is 359 Å². The monoisotopic (exact) mass is 784 g/mol. The van der Waals surface area contributed by atoms with E-state index in [0.29, 0.717) is 0 Å². The number of para-hydroxylation sites is 2. The van der Waals surface area contributed by atoms with E-state index in [1.807, 2.05) is 0 Å². The van der Waals surface area contributed by atoms with E-state index in [1.165, 1.54) is 111 Å². The first-order chi connectivity index (χ1) is 30.0. The molecule has 3 aliphatic rings. The molecule has 0 spiro atoms. The van der Waals surface area contributed by atoms with Gasteiger partial charge in [0.15, 0.2) is 0 Å². The first kappa shape index (κ1) is 36.0. The molecular formula is C59H48N2. The Morgan fingerprint density at radius 1 is 0.377 bits per heavy atom. The summed E-state index contributed by atoms with van der Waals surface area (Å²) in [4.78, 5) is 5.09. The third-order valence-electron chi connectivity index (χ3n) is 14.1. The van der Waals surface area contributed by atoms with Gasteiger partial charge in [-0.05, 0) is 163 Å². The van der Waals surface area contributed by atoms with Gasteiger partial charge >= 0.3 is 0 Å². The number of hydrogen-bond acceptors (Lipinski definition) is 2. The third kappa shape index (κ3) is 5.76. The van der Waals surface area contributed by atoms with Gasteiger partial charge in [0, 0.05) is 41.3 Å². The summed E-state index contributed by atoms with van der Waals surface area (Å²) in [6, 6.07) is 69.0. The Bertz CT molecular complexity index is 3190. The van der Waals surface area contributed by atoms with Crippen LogP contribution in [0.5, 0.6) is 0 Å². The van der Waals surface area contributed by atoms with Crippen LogP contribution in [0.1, 0.15) is 48.9 Å². The molecule has 0 saturated heterocycles. The number of anilines is 4. The van der Waals surface area contributed by atoms with Crippen LogP contribution in [0, 0.1) is 0 Å². The highest BCUT2D eigenvalue weighted by atomic mass is 15.1. The van der Waals surface area contributed by atoms with Gasteiger partial charge in [0.1, 0.15) is 0 Å². The van der Waals surface area contributed by atoms with Gasteiger partial charge in [-0.2, -0.15) is 0 Å². The Balaban J connectivity index is 1.11. The summed E-state index contributed by atoms with van der Waals surface area (Å²) < 4.78 is 0. The van der Waals surface area contributed by atoms with Crippen LogP contribution in [-0.4, -0.2) is 13.1 Å². The largest absolute Gasteiger partial charge is 0.341 e. The number of fused-ring (bicyclic) bond motifs is 7. The number of rotatable bonds is 5. The zero-order chi connectivity index (χ0) is 40.7. The Kier molecular flexibility index (Phi) is 8.32. The number of aryl methyl sites for hydroxylation is 2. The van der Waals surface area contributed by atoms with Crippen molar-refractivity contribution in [1.29, 1.82) is 0 Å². The molecule has 61 heavy (non-hydrogen) atoms. The van der Waals surface area contributed by atoms with Crippen molar-refractivity contribution in [3.8, 4) is 44.5 Å². The highest BCUT2D eigenvalue weighted by Gasteiger charge is 2.35. The lowest BCUT2D eigenvalue weighted by Crippen LogP contribution is -2.24. The van der Waals surface area contributed by atoms with E-state index in [4.69, 9.17) is 0 Å². The van der Waals surface area contributed by atoms with Crippen LogP contribution in [-0.2, 0) is 18.3 Å². The lowest BCUT2D eigenvalue weighted by Gasteiger charge is -2.32. The molecule has 2 heterocycles. The Morgan fingerprint density at radius 3 is 1.57 bits per heavy atom. The molecule has 2 nitrogen and oxygen atoms in total. The summed E-state index contributed by atoms with van der Waals surface area (Å²) in [5.74, 6) is 0. The molecule has 0 saturated carbocycles. The quantitative estimate of drug-likeness (QED) is 0.160. The summed E-state index contributed by atoms with van der Waals surface area (Å²) in [7, 11) is 0. The first-order valence-corrected chi connectivity index (χ1v) is 22.2. The van der Waals surface area contributed by atoms with Crippen LogP contribution in [0.2, 0.25) is 0 Å². The fourth-order valence-corrected chi connectivity index (χ4v) is 11.1. The highest BCUT2D eigenvalue weighted by Crippen LogP contribution is 2.51. The van der Waals surface area contributed by atoms with Gasteiger partial charge in [-0.25, -0.2) is 0 Å². The minimum atomic E-state index is -0.0602. The summed E-state index contributed by atoms with van der Waals surface area (Å²) in [5.41, 5.74) is 21.0. The predicted molar refractivity (Wildman–Crippen MR) is 259 cm³/mol. The number of nitrogens with zero attached hydrogens (tertiary/aromatic N) is 2. The van der Waals surface area contributed by atoms with Crippen molar-refractivity contribution in [2.24, 2.45) is 0 Å². The van der Waals surface area contributed by atoms with Gasteiger partial charge in [0.25, 0.3) is 0 Å². The van der Waals surface area contributed by atoms with Gasteiger partial charge in [-0.1, -0.05) is 147 Å². The lowest BCUT2D eigenvalue weighted by atomic mass is 9.81. The predicted octanol–water partition coefficient (Wildman–Crippen LogP) is 15.5. The molecule has 0 aromatic heterocycles. The molecule has 0 radical (unpaired) electrons. The van der Waals surface area contributed by atoms with Gasteiger partial charge in [-0.3, -0.25) is 0 Å². The molecule has 2 heteroatoms. The van der Waals surface area contributed by atoms with Crippen LogP contribution in [0.15, 0.2) is 182 Å². The smallest absolute Gasteiger partial charge is 0.0443 e. The molecular weight excluding hydrogens is 737 g/mol. The average Bonchev–Trinajstić information content (AvgIpc) is 3.55. The normalized spacial score (nSPS) is 15.0. The van der Waals surface area contributed by atoms with E-state index in [0.717, 1.165) is 38.8 Å². The minimum absolute atomic E-state index is 0.0602. The average molecular weight is 785 g/mol. The van der Waals surface area contributed by atoms with Crippen LogP contribution in [0.3, 0.4) is 0 Å². The summed E-state index contributed by atoms with van der Waals surface area (Å²) in [6.45, 7) is 6.76. The van der Waals surface area contributed by atoms with E-state index < -0.39 is 0 Å². The molecule has 0 bridgehead atoms. The van der Waals surface area contributed by atoms with Crippen LogP contribution in [0.4, 0.5) is 22.7 Å². The zero-order valence-corrected chi connectivity index (χ0v) is 35.0. The third-order valence-corrected chi connectivity index (χ3v) is 14.1. The van der Waals surface area contributed by atoms with E-state index in [9.17, 15) is 0 Å². The summed E-state index contributed by atoms with van der Waals surface area (Å²) in [6.07, 6.45) is 4.53. The SMILES string of the molecule is CC1(C)c2ccccc2-c2ccc(-c3cccc(-c4c5ccc(N6CCCc7ccccc76)cc5c(-c5ccccc5)c5ccc(N6CCCc7ccccc76)cc45)c3)cc21. The standard InChI is InChI=1S/C59H48N2/c1-59(2)53-24-9-8-23-47(53)48-30-27-43(36-54(48)59)42-19-12-20-44(35-42)58-50-32-29-45(60-33-13-21-39-15-6-10-25-55(39)60)37-51(50)57(41-17-4-3-5-18-41)49-31-28-46(38-52(49)58)61-34-14-22-40-16-7-11-26-56(40)61/h3-12,15-20,23-32,35-38H,13-14,21-22,33-34H2,1-2H3. The van der Waals surface area contributed by atoms with Crippen molar-refractivity contribution in [2.45, 2.75) is 44.9 Å². The number of benzene rings is 9. The van der Waals surface area contributed by atoms with Crippen molar-refractivity contribution in [2.75, 3.05) is 22.9 Å². The van der Waals surface area contributed by atoms with Gasteiger partial charge in [0.05, 0.1) is 0 Å². The molecule has 0 amide bonds. The van der Waals surface area contributed by atoms with E-state index in [2.05, 4.69) is 206 Å².